The molecule has 2 heterocycles. The minimum atomic E-state index is -3.49. The van der Waals surface area contributed by atoms with Gasteiger partial charge in [-0.15, -0.1) is 11.3 Å². The van der Waals surface area contributed by atoms with E-state index in [1.807, 2.05) is 24.3 Å². The summed E-state index contributed by atoms with van der Waals surface area (Å²) in [5, 5.41) is 4.72. The Kier molecular flexibility index (Phi) is 7.09. The minimum absolute atomic E-state index is 0.0586. The van der Waals surface area contributed by atoms with Crippen LogP contribution in [0.2, 0.25) is 0 Å². The number of carbonyl (C=O) groups is 1. The average Bonchev–Trinajstić information content (AvgIpc) is 3.27. The van der Waals surface area contributed by atoms with E-state index in [-0.39, 0.29) is 18.4 Å². The topological polar surface area (TPSA) is 75.7 Å². The van der Waals surface area contributed by atoms with Crippen LogP contribution in [0.15, 0.2) is 46.0 Å². The molecule has 1 atom stereocenters. The Hall–Kier alpha value is -1.90. The van der Waals surface area contributed by atoms with Gasteiger partial charge < -0.3 is 10.1 Å². The maximum atomic E-state index is 12.7. The van der Waals surface area contributed by atoms with E-state index in [4.69, 9.17) is 4.74 Å². The Labute approximate surface area is 170 Å². The number of ether oxygens (including phenoxy) is 1. The lowest BCUT2D eigenvalue weighted by Gasteiger charge is -2.30. The number of nitrogens with one attached hydrogen (secondary N) is 1. The number of rotatable bonds is 8. The fourth-order valence-corrected chi connectivity index (χ4v) is 6.06. The van der Waals surface area contributed by atoms with E-state index in [0.717, 1.165) is 25.0 Å². The van der Waals surface area contributed by atoms with E-state index in [1.54, 1.807) is 24.6 Å². The van der Waals surface area contributed by atoms with E-state index < -0.39 is 10.0 Å². The summed E-state index contributed by atoms with van der Waals surface area (Å²) in [5.74, 6) is 0.479. The van der Waals surface area contributed by atoms with E-state index >= 15 is 0 Å². The van der Waals surface area contributed by atoms with Crippen molar-refractivity contribution in [1.29, 1.82) is 0 Å². The lowest BCUT2D eigenvalue weighted by Crippen LogP contribution is -2.45. The first-order valence-electron chi connectivity index (χ1n) is 9.45. The average molecular weight is 423 g/mol. The molecule has 0 spiro atoms. The molecule has 0 aliphatic carbocycles. The summed E-state index contributed by atoms with van der Waals surface area (Å²) in [4.78, 5) is 12.5. The van der Waals surface area contributed by atoms with Crippen molar-refractivity contribution in [2.75, 3.05) is 26.7 Å². The van der Waals surface area contributed by atoms with Gasteiger partial charge in [-0.25, -0.2) is 8.42 Å². The van der Waals surface area contributed by atoms with Crippen molar-refractivity contribution in [2.24, 2.45) is 5.92 Å². The summed E-state index contributed by atoms with van der Waals surface area (Å²) in [7, 11) is -1.85. The number of piperidine rings is 1. The number of sulfonamides is 1. The molecule has 1 aliphatic heterocycles. The van der Waals surface area contributed by atoms with Gasteiger partial charge in [0.15, 0.2) is 0 Å². The first-order valence-corrected chi connectivity index (χ1v) is 11.8. The van der Waals surface area contributed by atoms with Gasteiger partial charge in [-0.1, -0.05) is 18.2 Å². The molecule has 8 heteroatoms. The third-order valence-corrected chi connectivity index (χ3v) is 8.16. The Balaban J connectivity index is 1.47. The van der Waals surface area contributed by atoms with Gasteiger partial charge in [0, 0.05) is 19.6 Å². The fraction of sp³-hybridized carbons (Fsp3) is 0.450. The summed E-state index contributed by atoms with van der Waals surface area (Å²) in [6.07, 6.45) is 3.09. The van der Waals surface area contributed by atoms with Crippen molar-refractivity contribution < 1.29 is 17.9 Å². The van der Waals surface area contributed by atoms with E-state index in [1.165, 1.54) is 21.2 Å². The van der Waals surface area contributed by atoms with Crippen molar-refractivity contribution in [3.8, 4) is 5.75 Å². The highest BCUT2D eigenvalue weighted by atomic mass is 32.2. The summed E-state index contributed by atoms with van der Waals surface area (Å²) in [6.45, 7) is 1.30. The van der Waals surface area contributed by atoms with Crippen LogP contribution in [-0.4, -0.2) is 45.4 Å². The number of hydrogen-bond acceptors (Lipinski definition) is 5. The molecule has 2 aromatic rings. The van der Waals surface area contributed by atoms with Gasteiger partial charge in [-0.05, 0) is 54.8 Å². The molecule has 0 bridgehead atoms. The highest BCUT2D eigenvalue weighted by Gasteiger charge is 2.33. The Morgan fingerprint density at radius 3 is 2.93 bits per heavy atom. The molecule has 1 saturated heterocycles. The molecule has 1 aromatic heterocycles. The second kappa shape index (κ2) is 9.54. The van der Waals surface area contributed by atoms with Crippen LogP contribution in [0.25, 0.3) is 0 Å². The predicted molar refractivity (Wildman–Crippen MR) is 110 cm³/mol. The second-order valence-corrected chi connectivity index (χ2v) is 9.99. The van der Waals surface area contributed by atoms with Gasteiger partial charge in [-0.3, -0.25) is 4.79 Å². The summed E-state index contributed by atoms with van der Waals surface area (Å²) < 4.78 is 32.4. The van der Waals surface area contributed by atoms with Crippen LogP contribution in [-0.2, 0) is 21.2 Å². The molecule has 3 rings (SSSR count). The summed E-state index contributed by atoms with van der Waals surface area (Å²) >= 11 is 1.21. The Bertz CT molecular complexity index is 881. The van der Waals surface area contributed by atoms with Crippen molar-refractivity contribution >= 4 is 27.3 Å². The maximum absolute atomic E-state index is 12.7. The van der Waals surface area contributed by atoms with Crippen molar-refractivity contribution in [3.05, 3.63) is 47.3 Å². The molecule has 28 heavy (non-hydrogen) atoms. The highest BCUT2D eigenvalue weighted by molar-refractivity contribution is 7.91. The first kappa shape index (κ1) is 20.8. The van der Waals surface area contributed by atoms with E-state index in [2.05, 4.69) is 5.32 Å². The van der Waals surface area contributed by atoms with Crippen molar-refractivity contribution in [3.63, 3.8) is 0 Å². The largest absolute Gasteiger partial charge is 0.497 e. The Morgan fingerprint density at radius 2 is 2.18 bits per heavy atom. The van der Waals surface area contributed by atoms with Gasteiger partial charge in [0.2, 0.25) is 5.91 Å². The minimum Gasteiger partial charge on any atom is -0.497 e. The normalized spacial score (nSPS) is 18.0. The van der Waals surface area contributed by atoms with Crippen LogP contribution < -0.4 is 10.1 Å². The fourth-order valence-electron chi connectivity index (χ4n) is 3.39. The van der Waals surface area contributed by atoms with Gasteiger partial charge in [0.25, 0.3) is 10.0 Å². The number of thiophene rings is 1. The molecule has 1 fully saturated rings. The van der Waals surface area contributed by atoms with Gasteiger partial charge in [0.05, 0.1) is 13.0 Å². The number of nitrogens with zero attached hydrogens (tertiary/aromatic N) is 1. The number of methoxy groups -OCH3 is 1. The molecule has 0 saturated carbocycles. The lowest BCUT2D eigenvalue weighted by atomic mass is 9.99. The first-order chi connectivity index (χ1) is 13.5. The zero-order chi connectivity index (χ0) is 20.0. The third kappa shape index (κ3) is 5.12. The van der Waals surface area contributed by atoms with Crippen molar-refractivity contribution in [2.45, 2.75) is 29.9 Å². The van der Waals surface area contributed by atoms with Gasteiger partial charge in [0.1, 0.15) is 9.96 Å². The SMILES string of the molecule is COc1cccc(CCCNC(=O)C2CCCN(S(=O)(=O)c3cccs3)C2)c1. The van der Waals surface area contributed by atoms with Crippen molar-refractivity contribution in [1.82, 2.24) is 9.62 Å². The van der Waals surface area contributed by atoms with E-state index in [9.17, 15) is 13.2 Å². The number of carbonyl (C=O) groups excluding carboxylic acids is 1. The van der Waals surface area contributed by atoms with Crippen LogP contribution in [0, 0.1) is 5.92 Å². The Morgan fingerprint density at radius 1 is 1.32 bits per heavy atom. The molecule has 1 amide bonds. The quantitative estimate of drug-likeness (QED) is 0.664. The maximum Gasteiger partial charge on any atom is 0.252 e. The highest BCUT2D eigenvalue weighted by Crippen LogP contribution is 2.26. The molecule has 1 aliphatic rings. The molecule has 1 unspecified atom stereocenters. The number of hydrogen-bond donors (Lipinski definition) is 1. The van der Waals surface area contributed by atoms with Crippen LogP contribution >= 0.6 is 11.3 Å². The smallest absolute Gasteiger partial charge is 0.252 e. The number of aryl methyl sites for hydroxylation is 1. The zero-order valence-corrected chi connectivity index (χ0v) is 17.6. The lowest BCUT2D eigenvalue weighted by molar-refractivity contribution is -0.126. The molecule has 6 nitrogen and oxygen atoms in total. The van der Waals surface area contributed by atoms with Crippen LogP contribution in [0.1, 0.15) is 24.8 Å². The van der Waals surface area contributed by atoms with Crippen LogP contribution in [0.4, 0.5) is 0 Å². The van der Waals surface area contributed by atoms with Gasteiger partial charge >= 0.3 is 0 Å². The molecular weight excluding hydrogens is 396 g/mol. The third-order valence-electron chi connectivity index (χ3n) is 4.92. The summed E-state index contributed by atoms with van der Waals surface area (Å²) in [5.41, 5.74) is 1.17. The van der Waals surface area contributed by atoms with Gasteiger partial charge in [-0.2, -0.15) is 4.31 Å². The molecule has 1 N–H and O–H groups in total. The monoisotopic (exact) mass is 422 g/mol. The number of amides is 1. The summed E-state index contributed by atoms with van der Waals surface area (Å²) in [6, 6.07) is 11.2. The van der Waals surface area contributed by atoms with Crippen LogP contribution in [0.5, 0.6) is 5.75 Å². The number of benzene rings is 1. The second-order valence-electron chi connectivity index (χ2n) is 6.88. The molecule has 1 aromatic carbocycles. The molecule has 0 radical (unpaired) electrons. The standard InChI is InChI=1S/C20H26N2O4S2/c1-26-18-9-2-6-16(14-18)7-3-11-21-20(23)17-8-4-12-22(15-17)28(24,25)19-10-5-13-27-19/h2,5-6,9-10,13-14,17H,3-4,7-8,11-12,15H2,1H3,(H,21,23). The van der Waals surface area contributed by atoms with E-state index in [0.29, 0.717) is 23.7 Å². The predicted octanol–water partition coefficient (Wildman–Crippen LogP) is 2.91. The molecule has 152 valence electrons. The van der Waals surface area contributed by atoms with Crippen LogP contribution in [0.3, 0.4) is 0 Å². The molecular formula is C20H26N2O4S2. The zero-order valence-electron chi connectivity index (χ0n) is 16.0.